The molecule has 0 amide bonds. The summed E-state index contributed by atoms with van der Waals surface area (Å²) in [6.45, 7) is 0. The van der Waals surface area contributed by atoms with Gasteiger partial charge in [0.2, 0.25) is 0 Å². The maximum absolute atomic E-state index is 9.88. The summed E-state index contributed by atoms with van der Waals surface area (Å²) in [5, 5.41) is 46.5. The number of hydrogen-bond acceptors (Lipinski definition) is 12. The number of imidazole rings is 1. The molecule has 0 aliphatic rings. The summed E-state index contributed by atoms with van der Waals surface area (Å²) >= 11 is 0. The molecule has 6 aromatic heterocycles. The summed E-state index contributed by atoms with van der Waals surface area (Å²) in [4.78, 5) is 44.3. The van der Waals surface area contributed by atoms with Crippen molar-refractivity contribution in [1.29, 1.82) is 0 Å². The molecule has 7 rings (SSSR count). The van der Waals surface area contributed by atoms with Crippen LogP contribution in [0.1, 0.15) is 31.5 Å². The van der Waals surface area contributed by atoms with Crippen LogP contribution < -0.4 is 15.3 Å². The third kappa shape index (κ3) is 16.3. The molecule has 1 radical (unpaired) electrons. The maximum Gasteiger partial charge on any atom is 3.00 e. The largest absolute Gasteiger partial charge is 3.00 e. The Morgan fingerprint density at radius 2 is 0.891 bits per heavy atom. The van der Waals surface area contributed by atoms with E-state index in [4.69, 9.17) is 0 Å². The van der Waals surface area contributed by atoms with Crippen molar-refractivity contribution in [2.75, 3.05) is 0 Å². The molecule has 0 saturated heterocycles. The van der Waals surface area contributed by atoms with E-state index in [0.29, 0.717) is 0 Å². The van der Waals surface area contributed by atoms with E-state index in [2.05, 4.69) is 50.5 Å². The number of hydrogen-bond donors (Lipinski definition) is 4. The summed E-state index contributed by atoms with van der Waals surface area (Å²) < 4.78 is 0. The molecule has 16 nitrogen and oxygen atoms in total. The van der Waals surface area contributed by atoms with E-state index in [1.54, 1.807) is 31.1 Å². The normalized spacial score (nSPS) is 8.78. The van der Waals surface area contributed by atoms with E-state index in [1.165, 1.54) is 36.8 Å². The number of carboxylic acids is 3. The van der Waals surface area contributed by atoms with Gasteiger partial charge in [-0.2, -0.15) is 15.3 Å². The Labute approximate surface area is 273 Å². The fraction of sp³-hybridized carbons (Fsp3) is 0. The molecule has 17 heteroatoms. The quantitative estimate of drug-likeness (QED) is 0.177. The van der Waals surface area contributed by atoms with Crippen LogP contribution in [0.15, 0.2) is 129 Å². The minimum Gasteiger partial charge on any atom is -0.543 e. The molecule has 0 saturated carbocycles. The molecule has 4 N–H and O–H groups in total. The molecule has 1 aromatic carbocycles. The number of pyridine rings is 2. The standard InChI is InChI=1S/C7H6N2.2C5H5N.3C4H4N2O2.Ru/c1-2-4-7-6(3-1)8-5-9-7;2*1-2-4-6-5-3-1;3*7-4(8)3-1-2-5-6-3;/h1-5H,(H,8,9);2*1-5H;3*1-2H,(H,5,6)(H,7,8);/q;;;;;;+3/p-3. The summed E-state index contributed by atoms with van der Waals surface area (Å²) in [5.41, 5.74) is 2.13. The van der Waals surface area contributed by atoms with Gasteiger partial charge >= 0.3 is 19.5 Å². The Morgan fingerprint density at radius 3 is 1.13 bits per heavy atom. The SMILES string of the molecule is O=C([O-])c1ccn[nH]1.O=C([O-])c1ccn[nH]1.O=C([O-])c1ccn[nH]1.[Ru+3].c1ccc2[nH]cnc2c1.c1ccncc1.c1ccncc1. The van der Waals surface area contributed by atoms with Gasteiger partial charge in [-0.15, -0.1) is 0 Å². The monoisotopic (exact) mass is 711 g/mol. The third-order valence-electron chi connectivity index (χ3n) is 4.62. The van der Waals surface area contributed by atoms with E-state index in [0.717, 1.165) is 11.0 Å². The van der Waals surface area contributed by atoms with Crippen LogP contribution in [0.4, 0.5) is 0 Å². The van der Waals surface area contributed by atoms with Gasteiger partial charge in [0.25, 0.3) is 0 Å². The van der Waals surface area contributed by atoms with Crippen LogP contribution >= 0.6 is 0 Å². The predicted octanol–water partition coefficient (Wildman–Crippen LogP) is 0.0432. The first kappa shape index (κ1) is 37.7. The maximum atomic E-state index is 9.88. The zero-order valence-corrected chi connectivity index (χ0v) is 25.3. The second-order valence-corrected chi connectivity index (χ2v) is 7.74. The van der Waals surface area contributed by atoms with Gasteiger partial charge in [-0.3, -0.25) is 25.3 Å². The Hall–Kier alpha value is -6.35. The smallest absolute Gasteiger partial charge is 0.543 e. The molecule has 0 spiro atoms. The molecule has 6 heterocycles. The van der Waals surface area contributed by atoms with Gasteiger partial charge in [-0.1, -0.05) is 24.3 Å². The molecule has 235 valence electrons. The number of benzene rings is 1. The Balaban J connectivity index is 0.000000276. The van der Waals surface area contributed by atoms with Crippen LogP contribution in [0, 0.1) is 0 Å². The molecule has 7 aromatic rings. The second-order valence-electron chi connectivity index (χ2n) is 7.74. The van der Waals surface area contributed by atoms with Crippen molar-refractivity contribution in [1.82, 2.24) is 50.5 Å². The number of para-hydroxylation sites is 2. The number of nitrogens with one attached hydrogen (secondary N) is 4. The van der Waals surface area contributed by atoms with E-state index in [9.17, 15) is 29.7 Å². The van der Waals surface area contributed by atoms with E-state index in [1.807, 2.05) is 60.7 Å². The molecular formula is C29H25N10O6Ru. The van der Waals surface area contributed by atoms with Crippen molar-refractivity contribution in [3.8, 4) is 0 Å². The number of aromatic carboxylic acids is 3. The van der Waals surface area contributed by atoms with Gasteiger partial charge in [0.1, 0.15) is 0 Å². The number of carbonyl (C=O) groups is 3. The first-order valence-electron chi connectivity index (χ1n) is 12.6. The minimum absolute atomic E-state index is 0. The summed E-state index contributed by atoms with van der Waals surface area (Å²) in [6.07, 6.45) is 12.8. The van der Waals surface area contributed by atoms with Crippen LogP contribution in [0.2, 0.25) is 0 Å². The second kappa shape index (κ2) is 23.2. The fourth-order valence-corrected chi connectivity index (χ4v) is 2.61. The average Bonchev–Trinajstić information content (AvgIpc) is 3.92. The van der Waals surface area contributed by atoms with Crippen LogP contribution in [0.3, 0.4) is 0 Å². The molecule has 0 aliphatic carbocycles. The van der Waals surface area contributed by atoms with Crippen molar-refractivity contribution >= 4 is 28.9 Å². The average molecular weight is 711 g/mol. The first-order valence-corrected chi connectivity index (χ1v) is 12.6. The molecule has 0 atom stereocenters. The van der Waals surface area contributed by atoms with Crippen molar-refractivity contribution in [2.24, 2.45) is 0 Å². The number of fused-ring (bicyclic) bond motifs is 1. The summed E-state index contributed by atoms with van der Waals surface area (Å²) in [7, 11) is 0. The van der Waals surface area contributed by atoms with Crippen molar-refractivity contribution in [2.45, 2.75) is 0 Å². The Morgan fingerprint density at radius 1 is 0.500 bits per heavy atom. The van der Waals surface area contributed by atoms with Gasteiger partial charge in [0.15, 0.2) is 0 Å². The zero-order valence-electron chi connectivity index (χ0n) is 23.6. The molecule has 0 unspecified atom stereocenters. The third-order valence-corrected chi connectivity index (χ3v) is 4.62. The topological polar surface area (TPSA) is 261 Å². The van der Waals surface area contributed by atoms with Crippen molar-refractivity contribution in [3.05, 3.63) is 146 Å². The fourth-order valence-electron chi connectivity index (χ4n) is 2.61. The zero-order chi connectivity index (χ0) is 32.5. The number of aromatic amines is 4. The Kier molecular flexibility index (Phi) is 19.0. The number of H-pyrrole nitrogens is 4. The van der Waals surface area contributed by atoms with Gasteiger partial charge in [-0.05, 0) is 54.6 Å². The number of carbonyl (C=O) groups excluding carboxylic acids is 3. The number of nitrogens with zero attached hydrogens (tertiary/aromatic N) is 6. The molecular weight excluding hydrogens is 685 g/mol. The van der Waals surface area contributed by atoms with Crippen LogP contribution in [-0.4, -0.2) is 68.4 Å². The number of carboxylic acid groups (broad SMARTS) is 3. The summed E-state index contributed by atoms with van der Waals surface area (Å²) in [6, 6.07) is 23.4. The number of aromatic nitrogens is 10. The van der Waals surface area contributed by atoms with Crippen molar-refractivity contribution in [3.63, 3.8) is 0 Å². The van der Waals surface area contributed by atoms with Gasteiger partial charge in [0.05, 0.1) is 52.4 Å². The number of rotatable bonds is 3. The van der Waals surface area contributed by atoms with Crippen molar-refractivity contribution < 1.29 is 49.2 Å². The van der Waals surface area contributed by atoms with Crippen LogP contribution in [0.5, 0.6) is 0 Å². The van der Waals surface area contributed by atoms with E-state index < -0.39 is 17.9 Å². The first-order chi connectivity index (χ1) is 21.9. The van der Waals surface area contributed by atoms with Gasteiger partial charge in [-0.25, -0.2) is 4.98 Å². The van der Waals surface area contributed by atoms with Crippen LogP contribution in [0.25, 0.3) is 11.0 Å². The van der Waals surface area contributed by atoms with Gasteiger partial charge in [0, 0.05) is 43.4 Å². The van der Waals surface area contributed by atoms with Crippen LogP contribution in [-0.2, 0) is 19.5 Å². The van der Waals surface area contributed by atoms with E-state index in [-0.39, 0.29) is 36.6 Å². The molecule has 0 bridgehead atoms. The predicted molar refractivity (Wildman–Crippen MR) is 153 cm³/mol. The molecule has 0 aliphatic heterocycles. The Bertz CT molecular complexity index is 1510. The minimum atomic E-state index is -1.23. The summed E-state index contributed by atoms with van der Waals surface area (Å²) in [5.74, 6) is -3.70. The van der Waals surface area contributed by atoms with Gasteiger partial charge < -0.3 is 34.7 Å². The molecule has 46 heavy (non-hydrogen) atoms. The molecule has 0 fully saturated rings. The van der Waals surface area contributed by atoms with E-state index >= 15 is 0 Å².